The predicted molar refractivity (Wildman–Crippen MR) is 37.0 cm³/mol. The third-order valence-electron chi connectivity index (χ3n) is 1.57. The molecule has 0 aromatic heterocycles. The molecule has 0 radical (unpaired) electrons. The Kier molecular flexibility index (Phi) is 2.05. The fourth-order valence-electron chi connectivity index (χ4n) is 1.02. The van der Waals surface area contributed by atoms with E-state index in [4.69, 9.17) is 10.8 Å². The second-order valence-corrected chi connectivity index (χ2v) is 3.97. The molecule has 1 rings (SSSR count). The maximum Gasteiger partial charge on any atom is 0.320 e. The summed E-state index contributed by atoms with van der Waals surface area (Å²) >= 11 is 0. The molecule has 0 spiro atoms. The zero-order valence-electron chi connectivity index (χ0n) is 5.32. The second kappa shape index (κ2) is 2.67. The topological polar surface area (TPSA) is 80.4 Å². The molecular weight excluding hydrogens is 154 g/mol. The van der Waals surface area contributed by atoms with Crippen LogP contribution in [0.3, 0.4) is 0 Å². The summed E-state index contributed by atoms with van der Waals surface area (Å²) in [7, 11) is -1.25. The van der Waals surface area contributed by atoms with Crippen LogP contribution in [0.4, 0.5) is 0 Å². The maximum absolute atomic E-state index is 10.9. The quantitative estimate of drug-likeness (QED) is 0.515. The van der Waals surface area contributed by atoms with Gasteiger partial charge in [-0.15, -0.1) is 0 Å². The third kappa shape index (κ3) is 1.19. The lowest BCUT2D eigenvalue weighted by Crippen LogP contribution is -2.37. The van der Waals surface area contributed by atoms with Crippen molar-refractivity contribution in [3.05, 3.63) is 0 Å². The molecule has 1 heterocycles. The van der Waals surface area contributed by atoms with Crippen molar-refractivity contribution in [1.29, 1.82) is 0 Å². The number of aliphatic carboxylic acids is 1. The molecule has 1 aliphatic rings. The van der Waals surface area contributed by atoms with Gasteiger partial charge < -0.3 is 10.8 Å². The molecule has 3 atom stereocenters. The number of carbonyl (C=O) groups is 1. The Morgan fingerprint density at radius 3 is 2.50 bits per heavy atom. The molecule has 0 aliphatic carbocycles. The number of carboxylic acid groups (broad SMARTS) is 1. The average Bonchev–Trinajstić information content (AvgIpc) is 2.11. The van der Waals surface area contributed by atoms with Crippen molar-refractivity contribution >= 4 is 16.8 Å². The number of hydrogen-bond acceptors (Lipinski definition) is 3. The highest BCUT2D eigenvalue weighted by Gasteiger charge is 2.36. The van der Waals surface area contributed by atoms with Crippen LogP contribution in [0.2, 0.25) is 0 Å². The summed E-state index contributed by atoms with van der Waals surface area (Å²) in [6.07, 6.45) is 0.559. The molecule has 3 N–H and O–H groups in total. The largest absolute Gasteiger partial charge is 0.480 e. The zero-order valence-corrected chi connectivity index (χ0v) is 6.13. The van der Waals surface area contributed by atoms with E-state index in [1.54, 1.807) is 0 Å². The highest BCUT2D eigenvalue weighted by Crippen LogP contribution is 2.14. The van der Waals surface area contributed by atoms with E-state index in [-0.39, 0.29) is 0 Å². The molecule has 0 unspecified atom stereocenters. The summed E-state index contributed by atoms with van der Waals surface area (Å²) in [6.45, 7) is 0. The Morgan fingerprint density at radius 2 is 2.30 bits per heavy atom. The molecule has 5 heteroatoms. The van der Waals surface area contributed by atoms with Crippen molar-refractivity contribution in [1.82, 2.24) is 0 Å². The van der Waals surface area contributed by atoms with E-state index in [0.717, 1.165) is 0 Å². The standard InChI is InChI=1S/C5H9NO3S/c6-3-1-2-10(9)4(3)5(7)8/h3-4H,1-2,6H2,(H,7,8)/t3-,4+,10-/m1/s1. The SMILES string of the molecule is N[C@@H]1CC[S@@](=O)[C@@H]1C(=O)O. The Labute approximate surface area is 60.9 Å². The van der Waals surface area contributed by atoms with Crippen molar-refractivity contribution in [2.24, 2.45) is 5.73 Å². The number of carboxylic acids is 1. The van der Waals surface area contributed by atoms with Gasteiger partial charge in [0.2, 0.25) is 0 Å². The van der Waals surface area contributed by atoms with Crippen LogP contribution in [-0.4, -0.2) is 32.3 Å². The van der Waals surface area contributed by atoms with Gasteiger partial charge >= 0.3 is 5.97 Å². The van der Waals surface area contributed by atoms with Crippen molar-refractivity contribution < 1.29 is 14.1 Å². The molecule has 1 saturated heterocycles. The van der Waals surface area contributed by atoms with Gasteiger partial charge in [0.25, 0.3) is 0 Å². The highest BCUT2D eigenvalue weighted by molar-refractivity contribution is 7.86. The van der Waals surface area contributed by atoms with Gasteiger partial charge in [0.1, 0.15) is 5.25 Å². The molecule has 10 heavy (non-hydrogen) atoms. The molecule has 1 aliphatic heterocycles. The highest BCUT2D eigenvalue weighted by atomic mass is 32.2. The number of rotatable bonds is 1. The number of hydrogen-bond donors (Lipinski definition) is 2. The van der Waals surface area contributed by atoms with Crippen LogP contribution in [0.15, 0.2) is 0 Å². The van der Waals surface area contributed by atoms with Gasteiger partial charge in [-0.1, -0.05) is 0 Å². The fourth-order valence-corrected chi connectivity index (χ4v) is 2.53. The molecule has 58 valence electrons. The molecule has 4 nitrogen and oxygen atoms in total. The Morgan fingerprint density at radius 1 is 1.70 bits per heavy atom. The minimum absolute atomic E-state index is 0.418. The summed E-state index contributed by atoms with van der Waals surface area (Å²) in [5.41, 5.74) is 5.40. The molecule has 0 aromatic rings. The smallest absolute Gasteiger partial charge is 0.320 e. The van der Waals surface area contributed by atoms with Crippen LogP contribution in [0.5, 0.6) is 0 Å². The van der Waals surface area contributed by atoms with Crippen molar-refractivity contribution in [2.75, 3.05) is 5.75 Å². The summed E-state index contributed by atoms with van der Waals surface area (Å²) < 4.78 is 10.9. The molecule has 0 bridgehead atoms. The lowest BCUT2D eigenvalue weighted by Gasteiger charge is -2.06. The van der Waals surface area contributed by atoms with Gasteiger partial charge in [-0.25, -0.2) is 0 Å². The monoisotopic (exact) mass is 163 g/mol. The Bertz CT molecular complexity index is 182. The van der Waals surface area contributed by atoms with Crippen molar-refractivity contribution in [3.8, 4) is 0 Å². The van der Waals surface area contributed by atoms with Gasteiger partial charge in [0, 0.05) is 22.6 Å². The first kappa shape index (κ1) is 7.68. The molecule has 0 aromatic carbocycles. The van der Waals surface area contributed by atoms with Crippen LogP contribution in [0.1, 0.15) is 6.42 Å². The van der Waals surface area contributed by atoms with E-state index in [2.05, 4.69) is 0 Å². The van der Waals surface area contributed by atoms with E-state index in [1.807, 2.05) is 0 Å². The van der Waals surface area contributed by atoms with E-state index in [1.165, 1.54) is 0 Å². The first-order valence-corrected chi connectivity index (χ1v) is 4.36. The summed E-state index contributed by atoms with van der Waals surface area (Å²) in [6, 6.07) is -0.418. The van der Waals surface area contributed by atoms with Gasteiger partial charge in [-0.3, -0.25) is 9.00 Å². The summed E-state index contributed by atoms with van der Waals surface area (Å²) in [5.74, 6) is -0.610. The van der Waals surface area contributed by atoms with Gasteiger partial charge in [0.05, 0.1) is 0 Å². The zero-order chi connectivity index (χ0) is 7.72. The van der Waals surface area contributed by atoms with E-state index in [0.29, 0.717) is 12.2 Å². The van der Waals surface area contributed by atoms with Gasteiger partial charge in [-0.05, 0) is 6.42 Å². The minimum atomic E-state index is -1.25. The van der Waals surface area contributed by atoms with Crippen LogP contribution < -0.4 is 5.73 Å². The lowest BCUT2D eigenvalue weighted by atomic mass is 10.2. The predicted octanol–water partition coefficient (Wildman–Crippen LogP) is -1.08. The van der Waals surface area contributed by atoms with Crippen molar-refractivity contribution in [3.63, 3.8) is 0 Å². The van der Waals surface area contributed by atoms with Crippen molar-refractivity contribution in [2.45, 2.75) is 17.7 Å². The van der Waals surface area contributed by atoms with Gasteiger partial charge in [0.15, 0.2) is 0 Å². The van der Waals surface area contributed by atoms with Crippen LogP contribution in [0, 0.1) is 0 Å². The number of nitrogens with two attached hydrogens (primary N) is 1. The Hall–Kier alpha value is -0.420. The molecule has 1 fully saturated rings. The van der Waals surface area contributed by atoms with Crippen LogP contribution in [-0.2, 0) is 15.6 Å². The third-order valence-corrected chi connectivity index (χ3v) is 3.32. The second-order valence-electron chi connectivity index (χ2n) is 2.30. The first-order valence-electron chi connectivity index (χ1n) is 2.98. The molecular formula is C5H9NO3S. The Balaban J connectivity index is 2.72. The summed E-state index contributed by atoms with van der Waals surface area (Å²) in [4.78, 5) is 10.3. The van der Waals surface area contributed by atoms with Crippen LogP contribution >= 0.6 is 0 Å². The molecule has 0 amide bonds. The van der Waals surface area contributed by atoms with E-state index in [9.17, 15) is 9.00 Å². The first-order chi connectivity index (χ1) is 4.63. The summed E-state index contributed by atoms with van der Waals surface area (Å²) in [5, 5.41) is 7.65. The average molecular weight is 163 g/mol. The lowest BCUT2D eigenvalue weighted by molar-refractivity contribution is -0.136. The fraction of sp³-hybridized carbons (Fsp3) is 0.800. The minimum Gasteiger partial charge on any atom is -0.480 e. The maximum atomic E-state index is 10.9. The van der Waals surface area contributed by atoms with Crippen LogP contribution in [0.25, 0.3) is 0 Å². The normalized spacial score (nSPS) is 39.9. The van der Waals surface area contributed by atoms with E-state index >= 15 is 0 Å². The molecule has 0 saturated carbocycles. The van der Waals surface area contributed by atoms with E-state index < -0.39 is 28.1 Å². The van der Waals surface area contributed by atoms with Gasteiger partial charge in [-0.2, -0.15) is 0 Å².